The number of nitrogens with one attached hydrogen (secondary N) is 2. The lowest BCUT2D eigenvalue weighted by molar-refractivity contribution is -0.128. The van der Waals surface area contributed by atoms with Gasteiger partial charge in [0.15, 0.2) is 5.96 Å². The van der Waals surface area contributed by atoms with Crippen LogP contribution in [0.3, 0.4) is 0 Å². The largest absolute Gasteiger partial charge is 0.381 e. The highest BCUT2D eigenvalue weighted by Crippen LogP contribution is 2.15. The molecule has 3 rings (SSSR count). The average Bonchev–Trinajstić information content (AvgIpc) is 3.20. The van der Waals surface area contributed by atoms with E-state index < -0.39 is 0 Å². The van der Waals surface area contributed by atoms with E-state index in [0.29, 0.717) is 25.4 Å². The molecule has 1 amide bonds. The molecule has 1 aromatic rings. The summed E-state index contributed by atoms with van der Waals surface area (Å²) in [5, 5.41) is 6.69. The van der Waals surface area contributed by atoms with Gasteiger partial charge in [0.1, 0.15) is 0 Å². The number of rotatable bonds is 11. The molecule has 32 heavy (non-hydrogen) atoms. The Kier molecular flexibility index (Phi) is 13.0. The minimum Gasteiger partial charge on any atom is -0.381 e. The normalized spacial score (nSPS) is 17.3. The van der Waals surface area contributed by atoms with Gasteiger partial charge < -0.3 is 25.0 Å². The first kappa shape index (κ1) is 26.9. The Labute approximate surface area is 209 Å². The molecule has 8 heteroatoms. The topological polar surface area (TPSA) is 75.2 Å². The van der Waals surface area contributed by atoms with Crippen molar-refractivity contribution in [1.29, 1.82) is 0 Å². The van der Waals surface area contributed by atoms with Gasteiger partial charge in [0.05, 0.1) is 6.54 Å². The maximum absolute atomic E-state index is 11.8. The van der Waals surface area contributed by atoms with Crippen molar-refractivity contribution < 1.29 is 14.3 Å². The van der Waals surface area contributed by atoms with Crippen LogP contribution >= 0.6 is 24.0 Å². The molecule has 0 unspecified atom stereocenters. The summed E-state index contributed by atoms with van der Waals surface area (Å²) in [6.45, 7) is 9.31. The Bertz CT molecular complexity index is 693. The highest BCUT2D eigenvalue weighted by molar-refractivity contribution is 14.0. The lowest BCUT2D eigenvalue weighted by atomic mass is 10.0. The summed E-state index contributed by atoms with van der Waals surface area (Å²) >= 11 is 0. The summed E-state index contributed by atoms with van der Waals surface area (Å²) in [4.78, 5) is 18.4. The van der Waals surface area contributed by atoms with Crippen LogP contribution in [0.1, 0.15) is 50.2 Å². The van der Waals surface area contributed by atoms with Gasteiger partial charge >= 0.3 is 0 Å². The van der Waals surface area contributed by atoms with Crippen molar-refractivity contribution in [1.82, 2.24) is 15.5 Å². The number of benzene rings is 1. The third-order valence-corrected chi connectivity index (χ3v) is 5.78. The Balaban J connectivity index is 0.00000363. The van der Waals surface area contributed by atoms with Crippen LogP contribution in [0.15, 0.2) is 29.3 Å². The van der Waals surface area contributed by atoms with Gasteiger partial charge in [-0.1, -0.05) is 24.3 Å². The first-order chi connectivity index (χ1) is 15.2. The second kappa shape index (κ2) is 15.4. The highest BCUT2D eigenvalue weighted by atomic mass is 127. The van der Waals surface area contributed by atoms with Crippen molar-refractivity contribution in [3.05, 3.63) is 35.4 Å². The monoisotopic (exact) mass is 558 g/mol. The Morgan fingerprint density at radius 2 is 1.94 bits per heavy atom. The van der Waals surface area contributed by atoms with Crippen LogP contribution in [0.2, 0.25) is 0 Å². The molecule has 2 fully saturated rings. The van der Waals surface area contributed by atoms with E-state index in [0.717, 1.165) is 83.3 Å². The van der Waals surface area contributed by atoms with Crippen LogP contribution in [-0.4, -0.2) is 62.8 Å². The van der Waals surface area contributed by atoms with Crippen molar-refractivity contribution in [2.75, 3.05) is 46.1 Å². The van der Waals surface area contributed by atoms with Gasteiger partial charge in [-0.15, -0.1) is 24.0 Å². The van der Waals surface area contributed by atoms with E-state index in [1.54, 1.807) is 0 Å². The number of halogens is 1. The zero-order valence-electron chi connectivity index (χ0n) is 19.3. The molecule has 2 aliphatic heterocycles. The lowest BCUT2D eigenvalue weighted by Crippen LogP contribution is -2.38. The van der Waals surface area contributed by atoms with E-state index in [4.69, 9.17) is 14.5 Å². The minimum absolute atomic E-state index is 0. The Morgan fingerprint density at radius 1 is 1.19 bits per heavy atom. The van der Waals surface area contributed by atoms with Crippen molar-refractivity contribution in [2.45, 2.75) is 52.1 Å². The van der Waals surface area contributed by atoms with Crippen molar-refractivity contribution in [3.8, 4) is 0 Å². The summed E-state index contributed by atoms with van der Waals surface area (Å²) < 4.78 is 11.2. The molecule has 7 nitrogen and oxygen atoms in total. The molecule has 2 aliphatic rings. The van der Waals surface area contributed by atoms with E-state index in [-0.39, 0.29) is 29.9 Å². The van der Waals surface area contributed by atoms with Gasteiger partial charge in [-0.05, 0) is 49.7 Å². The number of likely N-dealkylation sites (tertiary alicyclic amines) is 1. The van der Waals surface area contributed by atoms with Crippen molar-refractivity contribution in [2.24, 2.45) is 10.9 Å². The van der Waals surface area contributed by atoms with Crippen LogP contribution in [0.4, 0.5) is 0 Å². The highest BCUT2D eigenvalue weighted by Gasteiger charge is 2.19. The number of carbonyl (C=O) groups is 1. The fourth-order valence-corrected chi connectivity index (χ4v) is 3.90. The van der Waals surface area contributed by atoms with E-state index in [2.05, 4.69) is 41.8 Å². The summed E-state index contributed by atoms with van der Waals surface area (Å²) in [5.41, 5.74) is 2.34. The standard InChI is InChI=1S/C24H38N4O3.HI/c1-2-25-24(26-12-4-14-31-19-22-10-15-30-16-11-22)27-17-20-6-8-21(9-7-20)18-28-13-3-5-23(28)29;/h6-9,22H,2-5,10-19H2,1H3,(H2,25,26,27);1H. The van der Waals surface area contributed by atoms with Gasteiger partial charge in [-0.25, -0.2) is 4.99 Å². The summed E-state index contributed by atoms with van der Waals surface area (Å²) in [6.07, 6.45) is 4.86. The first-order valence-electron chi connectivity index (χ1n) is 11.8. The van der Waals surface area contributed by atoms with Gasteiger partial charge in [0, 0.05) is 59.0 Å². The van der Waals surface area contributed by atoms with Gasteiger partial charge in [0.25, 0.3) is 0 Å². The molecule has 0 aliphatic carbocycles. The van der Waals surface area contributed by atoms with Gasteiger partial charge in [-0.2, -0.15) is 0 Å². The van der Waals surface area contributed by atoms with E-state index >= 15 is 0 Å². The van der Waals surface area contributed by atoms with Gasteiger partial charge in [-0.3, -0.25) is 4.79 Å². The van der Waals surface area contributed by atoms with Gasteiger partial charge in [0.2, 0.25) is 5.91 Å². The zero-order chi connectivity index (χ0) is 21.7. The van der Waals surface area contributed by atoms with E-state index in [9.17, 15) is 4.79 Å². The van der Waals surface area contributed by atoms with Crippen molar-refractivity contribution in [3.63, 3.8) is 0 Å². The number of hydrogen-bond donors (Lipinski definition) is 2. The van der Waals surface area contributed by atoms with Crippen molar-refractivity contribution >= 4 is 35.8 Å². The molecule has 0 aromatic heterocycles. The number of hydrogen-bond acceptors (Lipinski definition) is 4. The molecule has 2 saturated heterocycles. The Hall–Kier alpha value is -1.39. The number of carbonyl (C=O) groups excluding carboxylic acids is 1. The summed E-state index contributed by atoms with van der Waals surface area (Å²) in [6, 6.07) is 8.42. The molecule has 0 atom stereocenters. The number of amides is 1. The second-order valence-electron chi connectivity index (χ2n) is 8.34. The zero-order valence-corrected chi connectivity index (χ0v) is 21.6. The van der Waals surface area contributed by atoms with E-state index in [1.807, 2.05) is 4.90 Å². The third kappa shape index (κ3) is 9.62. The molecule has 180 valence electrons. The molecular formula is C24H39IN4O3. The molecule has 2 heterocycles. The number of nitrogens with zero attached hydrogens (tertiary/aromatic N) is 2. The van der Waals surface area contributed by atoms with E-state index in [1.165, 1.54) is 5.56 Å². The fourth-order valence-electron chi connectivity index (χ4n) is 3.90. The molecule has 0 spiro atoms. The molecule has 0 radical (unpaired) electrons. The lowest BCUT2D eigenvalue weighted by Gasteiger charge is -2.21. The predicted molar refractivity (Wildman–Crippen MR) is 138 cm³/mol. The minimum atomic E-state index is 0. The SMILES string of the molecule is CCNC(=NCc1ccc(CN2CCCC2=O)cc1)NCCCOCC1CCOCC1.I. The molecule has 0 bridgehead atoms. The number of ether oxygens (including phenoxy) is 2. The second-order valence-corrected chi connectivity index (χ2v) is 8.34. The first-order valence-corrected chi connectivity index (χ1v) is 11.8. The van der Waals surface area contributed by atoms with Crippen LogP contribution in [-0.2, 0) is 27.4 Å². The molecule has 0 saturated carbocycles. The molecule has 2 N–H and O–H groups in total. The van der Waals surface area contributed by atoms with Crippen LogP contribution in [0.5, 0.6) is 0 Å². The smallest absolute Gasteiger partial charge is 0.222 e. The maximum atomic E-state index is 11.8. The predicted octanol–water partition coefficient (Wildman–Crippen LogP) is 3.32. The maximum Gasteiger partial charge on any atom is 0.222 e. The van der Waals surface area contributed by atoms with Crippen LogP contribution in [0, 0.1) is 5.92 Å². The van der Waals surface area contributed by atoms with Crippen LogP contribution < -0.4 is 10.6 Å². The van der Waals surface area contributed by atoms with Crippen LogP contribution in [0.25, 0.3) is 0 Å². The fraction of sp³-hybridized carbons (Fsp3) is 0.667. The molecule has 1 aromatic carbocycles. The molecular weight excluding hydrogens is 519 g/mol. The number of guanidine groups is 1. The quantitative estimate of drug-likeness (QED) is 0.189. The Morgan fingerprint density at radius 3 is 2.62 bits per heavy atom. The average molecular weight is 559 g/mol. The summed E-state index contributed by atoms with van der Waals surface area (Å²) in [5.74, 6) is 1.76. The summed E-state index contributed by atoms with van der Waals surface area (Å²) in [7, 11) is 0. The number of aliphatic imine (C=N–C) groups is 1. The third-order valence-electron chi connectivity index (χ3n) is 5.78.